The van der Waals surface area contributed by atoms with Crippen LogP contribution in [0.5, 0.6) is 0 Å². The molecule has 1 aliphatic carbocycles. The zero-order chi connectivity index (χ0) is 13.9. The third-order valence-corrected chi connectivity index (χ3v) is 4.67. The number of benzene rings is 1. The minimum Gasteiger partial charge on any atom is -0.381 e. The van der Waals surface area contributed by atoms with E-state index >= 15 is 0 Å². The molecule has 0 spiro atoms. The summed E-state index contributed by atoms with van der Waals surface area (Å²) in [6.07, 6.45) is 6.94. The van der Waals surface area contributed by atoms with E-state index in [9.17, 15) is 8.42 Å². The Morgan fingerprint density at radius 2 is 1.79 bits per heavy atom. The summed E-state index contributed by atoms with van der Waals surface area (Å²) < 4.78 is 23.1. The number of sulfonamides is 1. The number of nitrogens with two attached hydrogens (primary N) is 1. The lowest BCUT2D eigenvalue weighted by Crippen LogP contribution is -2.21. The van der Waals surface area contributed by atoms with Gasteiger partial charge in [0.05, 0.1) is 5.69 Å². The Bertz CT molecular complexity index is 538. The van der Waals surface area contributed by atoms with E-state index < -0.39 is 10.0 Å². The average molecular weight is 303 g/mol. The van der Waals surface area contributed by atoms with Gasteiger partial charge in [-0.1, -0.05) is 37.3 Å². The Balaban J connectivity index is 2.25. The molecule has 1 aromatic carbocycles. The summed E-state index contributed by atoms with van der Waals surface area (Å²) >= 11 is 5.94. The maximum atomic E-state index is 11.6. The highest BCUT2D eigenvalue weighted by Crippen LogP contribution is 2.28. The number of halogens is 1. The van der Waals surface area contributed by atoms with Crippen LogP contribution < -0.4 is 10.5 Å². The summed E-state index contributed by atoms with van der Waals surface area (Å²) in [5.41, 5.74) is 0.516. The van der Waals surface area contributed by atoms with E-state index in [0.29, 0.717) is 16.8 Å². The topological polar surface area (TPSA) is 72.2 Å². The van der Waals surface area contributed by atoms with Crippen LogP contribution in [0.25, 0.3) is 0 Å². The molecule has 0 aliphatic heterocycles. The van der Waals surface area contributed by atoms with Crippen molar-refractivity contribution in [3.63, 3.8) is 0 Å². The van der Waals surface area contributed by atoms with E-state index in [1.807, 2.05) is 0 Å². The van der Waals surface area contributed by atoms with E-state index in [2.05, 4.69) is 5.32 Å². The van der Waals surface area contributed by atoms with E-state index in [1.165, 1.54) is 31.7 Å². The summed E-state index contributed by atoms with van der Waals surface area (Å²) in [4.78, 5) is 0.112. The van der Waals surface area contributed by atoms with Crippen molar-refractivity contribution in [3.05, 3.63) is 23.2 Å². The molecule has 19 heavy (non-hydrogen) atoms. The molecule has 3 N–H and O–H groups in total. The quantitative estimate of drug-likeness (QED) is 0.843. The lowest BCUT2D eigenvalue weighted by molar-refractivity contribution is 0.596. The maximum Gasteiger partial charge on any atom is 0.240 e. The highest BCUT2D eigenvalue weighted by atomic mass is 35.5. The number of hydrogen-bond donors (Lipinski definition) is 2. The Hall–Kier alpha value is -0.780. The first-order chi connectivity index (χ1) is 8.97. The van der Waals surface area contributed by atoms with Gasteiger partial charge in [0.2, 0.25) is 10.0 Å². The Morgan fingerprint density at radius 1 is 1.16 bits per heavy atom. The second kappa shape index (κ2) is 6.11. The normalized spacial score (nSPS) is 18.0. The molecule has 1 fully saturated rings. The van der Waals surface area contributed by atoms with Gasteiger partial charge >= 0.3 is 0 Å². The number of primary sulfonamides is 1. The van der Waals surface area contributed by atoms with Crippen LogP contribution in [0.2, 0.25) is 5.02 Å². The van der Waals surface area contributed by atoms with Gasteiger partial charge in [0.15, 0.2) is 0 Å². The predicted molar refractivity (Wildman–Crippen MR) is 77.9 cm³/mol. The van der Waals surface area contributed by atoms with Gasteiger partial charge in [0, 0.05) is 11.1 Å². The van der Waals surface area contributed by atoms with Crippen molar-refractivity contribution in [1.29, 1.82) is 0 Å². The Morgan fingerprint density at radius 3 is 2.37 bits per heavy atom. The van der Waals surface area contributed by atoms with Gasteiger partial charge in [-0.15, -0.1) is 0 Å². The lowest BCUT2D eigenvalue weighted by Gasteiger charge is -2.19. The molecule has 1 aliphatic rings. The van der Waals surface area contributed by atoms with Crippen molar-refractivity contribution < 1.29 is 8.42 Å². The van der Waals surface area contributed by atoms with Crippen LogP contribution in [-0.2, 0) is 10.0 Å². The minimum absolute atomic E-state index is 0.112. The molecule has 0 radical (unpaired) electrons. The van der Waals surface area contributed by atoms with Crippen molar-refractivity contribution in [2.45, 2.75) is 49.5 Å². The first kappa shape index (κ1) is 14.6. The second-order valence-corrected chi connectivity index (χ2v) is 6.98. The van der Waals surface area contributed by atoms with Crippen LogP contribution in [0.4, 0.5) is 5.69 Å². The SMILES string of the molecule is NS(=O)(=O)c1ccc(Cl)cc1NC1CCCCCC1. The Kier molecular flexibility index (Phi) is 4.71. The highest BCUT2D eigenvalue weighted by molar-refractivity contribution is 7.89. The number of anilines is 1. The van der Waals surface area contributed by atoms with E-state index in [-0.39, 0.29) is 4.90 Å². The minimum atomic E-state index is -3.73. The third kappa shape index (κ3) is 4.09. The van der Waals surface area contributed by atoms with Gasteiger partial charge in [-0.2, -0.15) is 0 Å². The molecule has 4 nitrogen and oxygen atoms in total. The van der Waals surface area contributed by atoms with Crippen LogP contribution >= 0.6 is 11.6 Å². The lowest BCUT2D eigenvalue weighted by atomic mass is 10.1. The molecular formula is C13H19ClN2O2S. The van der Waals surface area contributed by atoms with Crippen LogP contribution in [0.15, 0.2) is 23.1 Å². The summed E-state index contributed by atoms with van der Waals surface area (Å²) in [5.74, 6) is 0. The van der Waals surface area contributed by atoms with Crippen molar-refractivity contribution in [3.8, 4) is 0 Å². The molecule has 0 atom stereocenters. The molecule has 1 aromatic rings. The van der Waals surface area contributed by atoms with Crippen molar-refractivity contribution in [2.75, 3.05) is 5.32 Å². The third-order valence-electron chi connectivity index (χ3n) is 3.46. The smallest absolute Gasteiger partial charge is 0.240 e. The summed E-state index contributed by atoms with van der Waals surface area (Å²) in [6, 6.07) is 4.92. The van der Waals surface area contributed by atoms with Gasteiger partial charge in [-0.05, 0) is 31.0 Å². The first-order valence-electron chi connectivity index (χ1n) is 6.56. The summed E-state index contributed by atoms with van der Waals surface area (Å²) in [5, 5.41) is 9.03. The fraction of sp³-hybridized carbons (Fsp3) is 0.538. The molecular weight excluding hydrogens is 284 g/mol. The van der Waals surface area contributed by atoms with Crippen LogP contribution in [0.3, 0.4) is 0 Å². The molecule has 0 aromatic heterocycles. The number of hydrogen-bond acceptors (Lipinski definition) is 3. The second-order valence-electron chi connectivity index (χ2n) is 5.02. The molecule has 0 saturated heterocycles. The fourth-order valence-electron chi connectivity index (χ4n) is 2.51. The molecule has 0 heterocycles. The molecule has 106 valence electrons. The van der Waals surface area contributed by atoms with Crippen LogP contribution in [0.1, 0.15) is 38.5 Å². The summed E-state index contributed by atoms with van der Waals surface area (Å²) in [7, 11) is -3.73. The van der Waals surface area contributed by atoms with Crippen LogP contribution in [0, 0.1) is 0 Å². The molecule has 1 saturated carbocycles. The largest absolute Gasteiger partial charge is 0.381 e. The van der Waals surface area contributed by atoms with Crippen molar-refractivity contribution in [2.24, 2.45) is 5.14 Å². The van der Waals surface area contributed by atoms with Gasteiger partial charge in [-0.3, -0.25) is 0 Å². The average Bonchev–Trinajstić information content (AvgIpc) is 2.56. The molecule has 0 amide bonds. The molecule has 0 unspecified atom stereocenters. The van der Waals surface area contributed by atoms with Crippen LogP contribution in [-0.4, -0.2) is 14.5 Å². The predicted octanol–water partition coefficient (Wildman–Crippen LogP) is 3.12. The van der Waals surface area contributed by atoms with E-state index in [0.717, 1.165) is 12.8 Å². The van der Waals surface area contributed by atoms with Crippen molar-refractivity contribution >= 4 is 27.3 Å². The standard InChI is InChI=1S/C13H19ClN2O2S/c14-10-7-8-13(19(15,17)18)12(9-10)16-11-5-3-1-2-4-6-11/h7-9,11,16H,1-6H2,(H2,15,17,18). The van der Waals surface area contributed by atoms with Gasteiger partial charge in [0.1, 0.15) is 4.90 Å². The molecule has 6 heteroatoms. The van der Waals surface area contributed by atoms with Crippen molar-refractivity contribution in [1.82, 2.24) is 0 Å². The maximum absolute atomic E-state index is 11.6. The Labute approximate surface area is 119 Å². The fourth-order valence-corrected chi connectivity index (χ4v) is 3.36. The zero-order valence-electron chi connectivity index (χ0n) is 10.7. The molecule has 2 rings (SSSR count). The van der Waals surface area contributed by atoms with Gasteiger partial charge in [0.25, 0.3) is 0 Å². The number of rotatable bonds is 3. The highest BCUT2D eigenvalue weighted by Gasteiger charge is 2.18. The van der Waals surface area contributed by atoms with E-state index in [1.54, 1.807) is 12.1 Å². The monoisotopic (exact) mass is 302 g/mol. The zero-order valence-corrected chi connectivity index (χ0v) is 12.3. The van der Waals surface area contributed by atoms with Gasteiger partial charge < -0.3 is 5.32 Å². The molecule has 0 bridgehead atoms. The first-order valence-corrected chi connectivity index (χ1v) is 8.48. The van der Waals surface area contributed by atoms with Gasteiger partial charge in [-0.25, -0.2) is 13.6 Å². The summed E-state index contributed by atoms with van der Waals surface area (Å²) in [6.45, 7) is 0. The van der Waals surface area contributed by atoms with E-state index in [4.69, 9.17) is 16.7 Å². The number of nitrogens with one attached hydrogen (secondary N) is 1.